The standard InChI is InChI=1S/C17H25ClN2O3/c1-20(17(22)12-6-7-16(21)15(19)10-12)8-3-9-23-14-5-2-4-13(18)11-14/h2,4-5,11-12,15-16,21H,3,6-10,19H2,1H3/t12-,15+,16+/m0/s1. The van der Waals surface area contributed by atoms with Crippen LogP contribution in [0, 0.1) is 5.92 Å². The molecule has 1 aromatic carbocycles. The molecule has 1 aromatic rings. The molecule has 1 saturated carbocycles. The lowest BCUT2D eigenvalue weighted by molar-refractivity contribution is -0.136. The van der Waals surface area contributed by atoms with Crippen LogP contribution in [0.3, 0.4) is 0 Å². The molecule has 0 radical (unpaired) electrons. The minimum Gasteiger partial charge on any atom is -0.493 e. The molecular formula is C17H25ClN2O3. The van der Waals surface area contributed by atoms with Gasteiger partial charge in [-0.1, -0.05) is 17.7 Å². The molecule has 0 heterocycles. The van der Waals surface area contributed by atoms with Gasteiger partial charge < -0.3 is 20.5 Å². The predicted molar refractivity (Wildman–Crippen MR) is 90.5 cm³/mol. The van der Waals surface area contributed by atoms with Gasteiger partial charge in [-0.3, -0.25) is 4.79 Å². The van der Waals surface area contributed by atoms with E-state index in [4.69, 9.17) is 22.1 Å². The summed E-state index contributed by atoms with van der Waals surface area (Å²) in [6.45, 7) is 1.16. The fraction of sp³-hybridized carbons (Fsp3) is 0.588. The highest BCUT2D eigenvalue weighted by molar-refractivity contribution is 6.30. The summed E-state index contributed by atoms with van der Waals surface area (Å²) in [7, 11) is 1.80. The number of hydrogen-bond acceptors (Lipinski definition) is 4. The highest BCUT2D eigenvalue weighted by Crippen LogP contribution is 2.25. The maximum absolute atomic E-state index is 12.4. The van der Waals surface area contributed by atoms with Gasteiger partial charge >= 0.3 is 0 Å². The molecule has 0 aromatic heterocycles. The van der Waals surface area contributed by atoms with Gasteiger partial charge in [0.25, 0.3) is 0 Å². The van der Waals surface area contributed by atoms with Crippen molar-refractivity contribution in [3.8, 4) is 5.75 Å². The number of benzene rings is 1. The summed E-state index contributed by atoms with van der Waals surface area (Å²) in [5.41, 5.74) is 5.85. The monoisotopic (exact) mass is 340 g/mol. The van der Waals surface area contributed by atoms with Crippen molar-refractivity contribution < 1.29 is 14.6 Å². The maximum atomic E-state index is 12.4. The van der Waals surface area contributed by atoms with E-state index in [0.29, 0.717) is 37.4 Å². The number of aliphatic hydroxyl groups is 1. The van der Waals surface area contributed by atoms with Gasteiger partial charge in [0, 0.05) is 30.6 Å². The normalized spacial score (nSPS) is 24.3. The molecule has 128 valence electrons. The Balaban J connectivity index is 1.70. The van der Waals surface area contributed by atoms with Crippen molar-refractivity contribution in [1.29, 1.82) is 0 Å². The smallest absolute Gasteiger partial charge is 0.225 e. The summed E-state index contributed by atoms with van der Waals surface area (Å²) >= 11 is 5.90. The molecule has 0 bridgehead atoms. The molecule has 0 saturated heterocycles. The zero-order valence-electron chi connectivity index (χ0n) is 13.5. The van der Waals surface area contributed by atoms with Crippen molar-refractivity contribution in [3.05, 3.63) is 29.3 Å². The molecular weight excluding hydrogens is 316 g/mol. The number of amides is 1. The number of aliphatic hydroxyl groups excluding tert-OH is 1. The Kier molecular flexibility index (Phi) is 6.69. The van der Waals surface area contributed by atoms with Crippen molar-refractivity contribution in [1.82, 2.24) is 4.90 Å². The summed E-state index contributed by atoms with van der Waals surface area (Å²) in [5.74, 6) is 0.765. The first kappa shape index (κ1) is 18.0. The summed E-state index contributed by atoms with van der Waals surface area (Å²) in [6, 6.07) is 6.97. The molecule has 1 amide bonds. The first-order valence-electron chi connectivity index (χ1n) is 8.04. The van der Waals surface area contributed by atoms with Gasteiger partial charge in [0.2, 0.25) is 5.91 Å². The van der Waals surface area contributed by atoms with Crippen LogP contribution in [0.25, 0.3) is 0 Å². The third-order valence-electron chi connectivity index (χ3n) is 4.29. The molecule has 3 atom stereocenters. The number of hydrogen-bond donors (Lipinski definition) is 2. The number of rotatable bonds is 6. The van der Waals surface area contributed by atoms with E-state index >= 15 is 0 Å². The molecule has 1 aliphatic rings. The zero-order valence-corrected chi connectivity index (χ0v) is 14.2. The van der Waals surface area contributed by atoms with E-state index in [1.54, 1.807) is 24.1 Å². The molecule has 0 unspecified atom stereocenters. The molecule has 1 fully saturated rings. The number of carbonyl (C=O) groups excluding carboxylic acids is 1. The van der Waals surface area contributed by atoms with Crippen LogP contribution in [0.15, 0.2) is 24.3 Å². The predicted octanol–water partition coefficient (Wildman–Crippen LogP) is 2.06. The first-order valence-corrected chi connectivity index (χ1v) is 8.42. The highest BCUT2D eigenvalue weighted by atomic mass is 35.5. The Labute approximate surface area is 142 Å². The van der Waals surface area contributed by atoms with Crippen LogP contribution in [0.1, 0.15) is 25.7 Å². The molecule has 2 rings (SSSR count). The van der Waals surface area contributed by atoms with Crippen LogP contribution in [-0.4, -0.2) is 48.3 Å². The van der Waals surface area contributed by atoms with Crippen LogP contribution in [-0.2, 0) is 4.79 Å². The van der Waals surface area contributed by atoms with Crippen LogP contribution in [0.2, 0.25) is 5.02 Å². The third-order valence-corrected chi connectivity index (χ3v) is 4.53. The van der Waals surface area contributed by atoms with Gasteiger partial charge in [0.15, 0.2) is 0 Å². The van der Waals surface area contributed by atoms with Gasteiger partial charge in [-0.2, -0.15) is 0 Å². The van der Waals surface area contributed by atoms with Gasteiger partial charge in [-0.15, -0.1) is 0 Å². The lowest BCUT2D eigenvalue weighted by Crippen LogP contribution is -2.45. The van der Waals surface area contributed by atoms with Crippen LogP contribution < -0.4 is 10.5 Å². The molecule has 0 spiro atoms. The second-order valence-corrected chi connectivity index (χ2v) is 6.60. The summed E-state index contributed by atoms with van der Waals surface area (Å²) < 4.78 is 5.62. The lowest BCUT2D eigenvalue weighted by atomic mass is 9.83. The topological polar surface area (TPSA) is 75.8 Å². The molecule has 5 nitrogen and oxygen atoms in total. The summed E-state index contributed by atoms with van der Waals surface area (Å²) in [5, 5.41) is 10.3. The van der Waals surface area contributed by atoms with E-state index in [1.807, 2.05) is 12.1 Å². The van der Waals surface area contributed by atoms with Crippen LogP contribution in [0.4, 0.5) is 0 Å². The SMILES string of the molecule is CN(CCCOc1cccc(Cl)c1)C(=O)[C@H]1CC[C@@H](O)[C@H](N)C1. The average Bonchev–Trinajstić information content (AvgIpc) is 2.53. The summed E-state index contributed by atoms with van der Waals surface area (Å²) in [4.78, 5) is 14.1. The van der Waals surface area contributed by atoms with E-state index in [1.165, 1.54) is 0 Å². The molecule has 23 heavy (non-hydrogen) atoms. The van der Waals surface area contributed by atoms with E-state index in [9.17, 15) is 9.90 Å². The average molecular weight is 341 g/mol. The minimum atomic E-state index is -0.476. The van der Waals surface area contributed by atoms with Crippen molar-refractivity contribution in [2.75, 3.05) is 20.2 Å². The highest BCUT2D eigenvalue weighted by Gasteiger charge is 2.31. The van der Waals surface area contributed by atoms with E-state index in [0.717, 1.165) is 12.2 Å². The molecule has 6 heteroatoms. The van der Waals surface area contributed by atoms with Gasteiger partial charge in [0.1, 0.15) is 5.75 Å². The Hall–Kier alpha value is -1.30. The largest absolute Gasteiger partial charge is 0.493 e. The Morgan fingerprint density at radius 1 is 1.48 bits per heavy atom. The molecule has 0 aliphatic heterocycles. The van der Waals surface area contributed by atoms with Crippen molar-refractivity contribution in [3.63, 3.8) is 0 Å². The number of nitrogens with two attached hydrogens (primary N) is 1. The van der Waals surface area contributed by atoms with E-state index < -0.39 is 6.10 Å². The van der Waals surface area contributed by atoms with Gasteiger partial charge in [-0.25, -0.2) is 0 Å². The van der Waals surface area contributed by atoms with E-state index in [-0.39, 0.29) is 17.9 Å². The van der Waals surface area contributed by atoms with Crippen molar-refractivity contribution in [2.45, 2.75) is 37.8 Å². The Bertz CT molecular complexity index is 526. The fourth-order valence-corrected chi connectivity index (χ4v) is 3.06. The molecule has 3 N–H and O–H groups in total. The quantitative estimate of drug-likeness (QED) is 0.777. The van der Waals surface area contributed by atoms with E-state index in [2.05, 4.69) is 0 Å². The number of nitrogens with zero attached hydrogens (tertiary/aromatic N) is 1. The van der Waals surface area contributed by atoms with Crippen LogP contribution in [0.5, 0.6) is 5.75 Å². The van der Waals surface area contributed by atoms with Gasteiger partial charge in [-0.05, 0) is 43.9 Å². The number of carbonyl (C=O) groups is 1. The second-order valence-electron chi connectivity index (χ2n) is 6.16. The lowest BCUT2D eigenvalue weighted by Gasteiger charge is -2.32. The number of ether oxygens (including phenoxy) is 1. The fourth-order valence-electron chi connectivity index (χ4n) is 2.88. The van der Waals surface area contributed by atoms with Crippen molar-refractivity contribution >= 4 is 17.5 Å². The zero-order chi connectivity index (χ0) is 16.8. The second kappa shape index (κ2) is 8.52. The Morgan fingerprint density at radius 2 is 2.26 bits per heavy atom. The van der Waals surface area contributed by atoms with Crippen molar-refractivity contribution in [2.24, 2.45) is 11.7 Å². The summed E-state index contributed by atoms with van der Waals surface area (Å²) in [6.07, 6.45) is 2.13. The third kappa shape index (κ3) is 5.37. The minimum absolute atomic E-state index is 0.0766. The van der Waals surface area contributed by atoms with Gasteiger partial charge in [0.05, 0.1) is 12.7 Å². The molecule has 1 aliphatic carbocycles. The maximum Gasteiger partial charge on any atom is 0.225 e. The first-order chi connectivity index (χ1) is 11.0. The number of halogens is 1. The Morgan fingerprint density at radius 3 is 2.96 bits per heavy atom. The van der Waals surface area contributed by atoms with Crippen LogP contribution >= 0.6 is 11.6 Å².